The third kappa shape index (κ3) is 4.51. The Hall–Kier alpha value is -3.01. The van der Waals surface area contributed by atoms with Crippen molar-refractivity contribution >= 4 is 39.7 Å². The molecule has 0 unspecified atom stereocenters. The predicted octanol–water partition coefficient (Wildman–Crippen LogP) is 3.76. The first-order valence-electron chi connectivity index (χ1n) is 7.38. The summed E-state index contributed by atoms with van der Waals surface area (Å²) in [5, 5.41) is 18.3. The SMILES string of the molecule is CCOC(=O)Nc1snc(C)c1/C(C)=N/Nc1ccccc1[N+](=O)[O-]. The molecule has 9 nitrogen and oxygen atoms in total. The Morgan fingerprint density at radius 2 is 2.16 bits per heavy atom. The maximum atomic E-state index is 11.6. The zero-order valence-electron chi connectivity index (χ0n) is 13.9. The van der Waals surface area contributed by atoms with Crippen LogP contribution >= 0.6 is 11.5 Å². The fraction of sp³-hybridized carbons (Fsp3) is 0.267. The summed E-state index contributed by atoms with van der Waals surface area (Å²) in [6.07, 6.45) is -0.577. The number of hydrogen-bond donors (Lipinski definition) is 2. The lowest BCUT2D eigenvalue weighted by molar-refractivity contribution is -0.384. The fourth-order valence-electron chi connectivity index (χ4n) is 2.07. The van der Waals surface area contributed by atoms with Crippen LogP contribution in [0, 0.1) is 17.0 Å². The second-order valence-corrected chi connectivity index (χ2v) is 5.67. The van der Waals surface area contributed by atoms with Crippen molar-refractivity contribution in [3.05, 3.63) is 45.6 Å². The van der Waals surface area contributed by atoms with Gasteiger partial charge < -0.3 is 4.74 Å². The number of ether oxygens (including phenoxy) is 1. The Morgan fingerprint density at radius 3 is 2.84 bits per heavy atom. The molecule has 0 bridgehead atoms. The second-order valence-electron chi connectivity index (χ2n) is 4.90. The normalized spacial score (nSPS) is 11.1. The summed E-state index contributed by atoms with van der Waals surface area (Å²) in [6.45, 7) is 5.47. The molecule has 0 aliphatic rings. The number of carbonyl (C=O) groups excluding carboxylic acids is 1. The van der Waals surface area contributed by atoms with Gasteiger partial charge in [0.1, 0.15) is 10.7 Å². The molecule has 1 aromatic heterocycles. The first-order chi connectivity index (χ1) is 11.9. The Kier molecular flexibility index (Phi) is 6.01. The van der Waals surface area contributed by atoms with Crippen LogP contribution in [0.15, 0.2) is 29.4 Å². The van der Waals surface area contributed by atoms with Gasteiger partial charge in [-0.25, -0.2) is 4.79 Å². The van der Waals surface area contributed by atoms with Crippen molar-refractivity contribution in [2.75, 3.05) is 17.3 Å². The monoisotopic (exact) mass is 363 g/mol. The Balaban J connectivity index is 2.25. The van der Waals surface area contributed by atoms with Crippen LogP contribution in [0.4, 0.5) is 21.2 Å². The molecule has 0 atom stereocenters. The molecule has 0 spiro atoms. The van der Waals surface area contributed by atoms with Crippen LogP contribution in [0.1, 0.15) is 25.1 Å². The summed E-state index contributed by atoms with van der Waals surface area (Å²) in [5.41, 5.74) is 4.74. The van der Waals surface area contributed by atoms with E-state index in [4.69, 9.17) is 4.74 Å². The zero-order chi connectivity index (χ0) is 18.4. The summed E-state index contributed by atoms with van der Waals surface area (Å²) >= 11 is 1.11. The highest BCUT2D eigenvalue weighted by atomic mass is 32.1. The number of nitrogens with one attached hydrogen (secondary N) is 2. The molecule has 0 aliphatic carbocycles. The molecule has 25 heavy (non-hydrogen) atoms. The lowest BCUT2D eigenvalue weighted by Gasteiger charge is -2.07. The number of nitro benzene ring substituents is 1. The zero-order valence-corrected chi connectivity index (χ0v) is 14.7. The molecule has 2 rings (SSSR count). The number of anilines is 2. The molecular weight excluding hydrogens is 346 g/mol. The standard InChI is InChI=1S/C15H17N5O4S/c1-4-24-15(21)16-14-13(10(3)19-25-14)9(2)17-18-11-7-5-6-8-12(11)20(22)23/h5-8,18H,4H2,1-3H3,(H,16,21)/b17-9+. The van der Waals surface area contributed by atoms with Gasteiger partial charge in [0, 0.05) is 6.07 Å². The quantitative estimate of drug-likeness (QED) is 0.458. The van der Waals surface area contributed by atoms with Crippen molar-refractivity contribution in [1.82, 2.24) is 4.37 Å². The van der Waals surface area contributed by atoms with Gasteiger partial charge in [-0.3, -0.25) is 20.9 Å². The Bertz CT molecular complexity index is 818. The van der Waals surface area contributed by atoms with Gasteiger partial charge in [0.15, 0.2) is 0 Å². The van der Waals surface area contributed by atoms with Gasteiger partial charge in [0.2, 0.25) is 0 Å². The summed E-state index contributed by atoms with van der Waals surface area (Å²) in [7, 11) is 0. The van der Waals surface area contributed by atoms with Crippen molar-refractivity contribution in [2.45, 2.75) is 20.8 Å². The van der Waals surface area contributed by atoms with Gasteiger partial charge in [-0.05, 0) is 38.4 Å². The molecule has 0 saturated carbocycles. The third-order valence-electron chi connectivity index (χ3n) is 3.16. The molecule has 2 aromatic rings. The summed E-state index contributed by atoms with van der Waals surface area (Å²) in [4.78, 5) is 22.2. The minimum absolute atomic E-state index is 0.0795. The van der Waals surface area contributed by atoms with Gasteiger partial charge in [0.05, 0.1) is 28.5 Å². The minimum Gasteiger partial charge on any atom is -0.450 e. The van der Waals surface area contributed by atoms with Crippen LogP contribution in [-0.2, 0) is 4.74 Å². The van der Waals surface area contributed by atoms with Crippen LogP contribution in [-0.4, -0.2) is 27.7 Å². The van der Waals surface area contributed by atoms with E-state index in [1.807, 2.05) is 0 Å². The minimum atomic E-state index is -0.577. The van der Waals surface area contributed by atoms with Crippen LogP contribution in [0.25, 0.3) is 0 Å². The summed E-state index contributed by atoms with van der Waals surface area (Å²) in [6, 6.07) is 6.20. The first kappa shape index (κ1) is 18.3. The molecule has 0 fully saturated rings. The van der Waals surface area contributed by atoms with E-state index in [-0.39, 0.29) is 18.0 Å². The van der Waals surface area contributed by atoms with Gasteiger partial charge in [-0.15, -0.1) is 0 Å². The highest BCUT2D eigenvalue weighted by Gasteiger charge is 2.17. The van der Waals surface area contributed by atoms with E-state index < -0.39 is 11.0 Å². The third-order valence-corrected chi connectivity index (χ3v) is 4.01. The van der Waals surface area contributed by atoms with E-state index >= 15 is 0 Å². The molecule has 1 amide bonds. The lowest BCUT2D eigenvalue weighted by Crippen LogP contribution is -2.14. The number of hydrazone groups is 1. The number of nitrogens with zero attached hydrogens (tertiary/aromatic N) is 3. The molecule has 0 radical (unpaired) electrons. The number of amides is 1. The van der Waals surface area contributed by atoms with Crippen molar-refractivity contribution in [2.24, 2.45) is 5.10 Å². The van der Waals surface area contributed by atoms with Crippen molar-refractivity contribution in [1.29, 1.82) is 0 Å². The fourth-order valence-corrected chi connectivity index (χ4v) is 2.90. The summed E-state index contributed by atoms with van der Waals surface area (Å²) in [5.74, 6) is 0. The van der Waals surface area contributed by atoms with E-state index in [9.17, 15) is 14.9 Å². The highest BCUT2D eigenvalue weighted by molar-refractivity contribution is 7.11. The molecule has 0 aliphatic heterocycles. The molecule has 10 heteroatoms. The number of aryl methyl sites for hydroxylation is 1. The number of benzene rings is 1. The number of hydrogen-bond acceptors (Lipinski definition) is 8. The maximum Gasteiger partial charge on any atom is 0.412 e. The molecule has 0 saturated heterocycles. The number of rotatable bonds is 6. The van der Waals surface area contributed by atoms with Gasteiger partial charge in [-0.2, -0.15) is 9.47 Å². The topological polar surface area (TPSA) is 119 Å². The number of para-hydroxylation sites is 2. The highest BCUT2D eigenvalue weighted by Crippen LogP contribution is 2.27. The Labute approximate surface area is 148 Å². The molecule has 2 N–H and O–H groups in total. The largest absolute Gasteiger partial charge is 0.450 e. The van der Waals surface area contributed by atoms with Crippen molar-refractivity contribution < 1.29 is 14.5 Å². The molecule has 1 heterocycles. The van der Waals surface area contributed by atoms with Gasteiger partial charge in [0.25, 0.3) is 5.69 Å². The lowest BCUT2D eigenvalue weighted by atomic mass is 10.2. The predicted molar refractivity (Wildman–Crippen MR) is 96.4 cm³/mol. The molecule has 132 valence electrons. The van der Waals surface area contributed by atoms with E-state index in [0.717, 1.165) is 11.5 Å². The van der Waals surface area contributed by atoms with E-state index in [1.54, 1.807) is 39.0 Å². The van der Waals surface area contributed by atoms with Crippen molar-refractivity contribution in [3.63, 3.8) is 0 Å². The van der Waals surface area contributed by atoms with Crippen LogP contribution in [0.2, 0.25) is 0 Å². The van der Waals surface area contributed by atoms with Gasteiger partial charge >= 0.3 is 6.09 Å². The number of carbonyl (C=O) groups is 1. The van der Waals surface area contributed by atoms with Crippen LogP contribution in [0.3, 0.4) is 0 Å². The molecular formula is C15H17N5O4S. The first-order valence-corrected chi connectivity index (χ1v) is 8.15. The van der Waals surface area contributed by atoms with Gasteiger partial charge in [-0.1, -0.05) is 12.1 Å². The van der Waals surface area contributed by atoms with E-state index in [2.05, 4.69) is 20.2 Å². The van der Waals surface area contributed by atoms with Crippen molar-refractivity contribution in [3.8, 4) is 0 Å². The second kappa shape index (κ2) is 8.20. The number of aromatic nitrogens is 1. The summed E-state index contributed by atoms with van der Waals surface area (Å²) < 4.78 is 9.07. The average Bonchev–Trinajstić information content (AvgIpc) is 2.93. The number of nitro groups is 1. The average molecular weight is 363 g/mol. The smallest absolute Gasteiger partial charge is 0.412 e. The van der Waals surface area contributed by atoms with Crippen LogP contribution in [0.5, 0.6) is 0 Å². The Morgan fingerprint density at radius 1 is 1.44 bits per heavy atom. The van der Waals surface area contributed by atoms with E-state index in [1.165, 1.54) is 6.07 Å². The van der Waals surface area contributed by atoms with E-state index in [0.29, 0.717) is 22.0 Å². The van der Waals surface area contributed by atoms with Crippen LogP contribution < -0.4 is 10.7 Å². The maximum absolute atomic E-state index is 11.6. The molecule has 1 aromatic carbocycles.